The molecule has 1 atom stereocenters. The predicted molar refractivity (Wildman–Crippen MR) is 80.8 cm³/mol. The summed E-state index contributed by atoms with van der Waals surface area (Å²) in [6.45, 7) is -0.729. The van der Waals surface area contributed by atoms with Crippen LogP contribution in [-0.4, -0.2) is 19.3 Å². The molecule has 0 aromatic heterocycles. The van der Waals surface area contributed by atoms with Gasteiger partial charge in [-0.05, 0) is 41.5 Å². The largest absolute Gasteiger partial charge is 0.269 e. The lowest BCUT2D eigenvalue weighted by molar-refractivity contribution is 0.0434. The molecule has 4 heteroatoms. The Labute approximate surface area is 127 Å². The quantitative estimate of drug-likeness (QED) is 0.550. The molecule has 0 radical (unpaired) electrons. The molecule has 0 N–H and O–H groups in total. The fourth-order valence-corrected chi connectivity index (χ4v) is 2.48. The molecule has 0 saturated carbocycles. The molecule has 0 nitrogen and oxygen atoms in total. The second kappa shape index (κ2) is 7.97. The number of hydrogen-bond acceptors (Lipinski definition) is 0. The normalized spacial score (nSPS) is 13.1. The van der Waals surface area contributed by atoms with E-state index in [0.29, 0.717) is 0 Å². The fourth-order valence-electron chi connectivity index (χ4n) is 2.48. The Balaban J connectivity index is 0.000000175. The molecule has 1 unspecified atom stereocenters. The van der Waals surface area contributed by atoms with E-state index in [1.807, 2.05) is 0 Å². The lowest BCUT2D eigenvalue weighted by atomic mass is 10.1. The third kappa shape index (κ3) is 4.09. The summed E-state index contributed by atoms with van der Waals surface area (Å²) < 4.78 is 45.5. The maximum Gasteiger partial charge on any atom is 0.269 e. The molecular weight excluding hydrogens is 292 g/mol. The van der Waals surface area contributed by atoms with Crippen molar-refractivity contribution in [2.75, 3.05) is 6.67 Å². The molecule has 3 rings (SSSR count). The predicted octanol–water partition coefficient (Wildman–Crippen LogP) is 5.60. The Bertz CT molecular complexity index is 552. The third-order valence-electron chi connectivity index (χ3n) is 3.59. The van der Waals surface area contributed by atoms with E-state index in [9.17, 15) is 17.6 Å². The zero-order valence-corrected chi connectivity index (χ0v) is 12.1. The molecule has 0 amide bonds. The van der Waals surface area contributed by atoms with Crippen molar-refractivity contribution in [3.63, 3.8) is 0 Å². The van der Waals surface area contributed by atoms with Gasteiger partial charge in [0.25, 0.3) is 6.43 Å². The molecule has 0 spiro atoms. The topological polar surface area (TPSA) is 0 Å². The van der Waals surface area contributed by atoms with Gasteiger partial charge in [0.05, 0.1) is 6.67 Å². The van der Waals surface area contributed by atoms with Gasteiger partial charge in [-0.15, -0.1) is 0 Å². The van der Waals surface area contributed by atoms with Crippen molar-refractivity contribution in [2.45, 2.75) is 31.9 Å². The second-order valence-corrected chi connectivity index (χ2v) is 5.17. The number of rotatable bonds is 4. The lowest BCUT2D eigenvalue weighted by Crippen LogP contribution is -2.11. The molecule has 0 saturated heterocycles. The van der Waals surface area contributed by atoms with Gasteiger partial charge in [-0.2, -0.15) is 0 Å². The van der Waals surface area contributed by atoms with E-state index in [2.05, 4.69) is 48.5 Å². The van der Waals surface area contributed by atoms with Crippen LogP contribution in [0, 0.1) is 0 Å². The zero-order chi connectivity index (χ0) is 15.9. The molecule has 118 valence electrons. The number of alkyl halides is 4. The Morgan fingerprint density at radius 1 is 0.818 bits per heavy atom. The Hall–Kier alpha value is -1.84. The summed E-state index contributed by atoms with van der Waals surface area (Å²) in [7, 11) is 0. The first-order chi connectivity index (χ1) is 10.6. The Kier molecular flexibility index (Phi) is 5.99. The molecule has 0 heterocycles. The summed E-state index contributed by atoms with van der Waals surface area (Å²) in [4.78, 5) is 0. The van der Waals surface area contributed by atoms with Gasteiger partial charge < -0.3 is 0 Å². The van der Waals surface area contributed by atoms with E-state index in [4.69, 9.17) is 0 Å². The third-order valence-corrected chi connectivity index (χ3v) is 3.59. The van der Waals surface area contributed by atoms with Crippen LogP contribution < -0.4 is 0 Å². The van der Waals surface area contributed by atoms with Crippen LogP contribution >= 0.6 is 0 Å². The molecule has 0 aliphatic heterocycles. The molecule has 0 fully saturated rings. The van der Waals surface area contributed by atoms with Gasteiger partial charge in [-0.3, -0.25) is 4.39 Å². The van der Waals surface area contributed by atoms with E-state index in [1.165, 1.54) is 22.3 Å². The standard InChI is InChI=1S/C13H10.C5H8F4/c1-3-7-12-10(5-1)9-11-6-2-4-8-13(11)12;6-3-1-2-4(7)5(8)9/h1-8H,9H2;4-5H,1-3H2. The van der Waals surface area contributed by atoms with Crippen LogP contribution in [0.15, 0.2) is 48.5 Å². The molecule has 0 bridgehead atoms. The highest BCUT2D eigenvalue weighted by Gasteiger charge is 2.17. The SMILES string of the molecule is FCCCC(F)C(F)F.c1ccc2c(c1)Cc1ccccc1-2. The highest BCUT2D eigenvalue weighted by molar-refractivity contribution is 5.76. The van der Waals surface area contributed by atoms with Crippen LogP contribution in [0.2, 0.25) is 0 Å². The number of halogens is 4. The summed E-state index contributed by atoms with van der Waals surface area (Å²) in [5.41, 5.74) is 5.75. The maximum atomic E-state index is 11.8. The van der Waals surface area contributed by atoms with Crippen LogP contribution in [0.3, 0.4) is 0 Å². The Morgan fingerprint density at radius 2 is 1.32 bits per heavy atom. The van der Waals surface area contributed by atoms with Gasteiger partial charge in [0, 0.05) is 0 Å². The first kappa shape index (κ1) is 16.5. The summed E-state index contributed by atoms with van der Waals surface area (Å²) in [6, 6.07) is 17.3. The van der Waals surface area contributed by atoms with Crippen molar-refractivity contribution in [3.05, 3.63) is 59.7 Å². The summed E-state index contributed by atoms with van der Waals surface area (Å²) in [5.74, 6) is 0. The highest BCUT2D eigenvalue weighted by atomic mass is 19.3. The van der Waals surface area contributed by atoms with Crippen LogP contribution in [0.5, 0.6) is 0 Å². The lowest BCUT2D eigenvalue weighted by Gasteiger charge is -2.02. The molecule has 1 aliphatic carbocycles. The van der Waals surface area contributed by atoms with Gasteiger partial charge >= 0.3 is 0 Å². The molecule has 2 aromatic carbocycles. The monoisotopic (exact) mass is 310 g/mol. The number of fused-ring (bicyclic) bond motifs is 3. The van der Waals surface area contributed by atoms with Crippen molar-refractivity contribution in [2.24, 2.45) is 0 Å². The molecule has 2 aromatic rings. The van der Waals surface area contributed by atoms with Gasteiger partial charge in [0.1, 0.15) is 0 Å². The van der Waals surface area contributed by atoms with Gasteiger partial charge in [-0.1, -0.05) is 48.5 Å². The van der Waals surface area contributed by atoms with Crippen molar-refractivity contribution >= 4 is 0 Å². The average Bonchev–Trinajstić information content (AvgIpc) is 2.91. The smallest absolute Gasteiger partial charge is 0.251 e. The van der Waals surface area contributed by atoms with E-state index < -0.39 is 19.3 Å². The van der Waals surface area contributed by atoms with Gasteiger partial charge in [0.2, 0.25) is 0 Å². The van der Waals surface area contributed by atoms with Crippen molar-refractivity contribution < 1.29 is 17.6 Å². The number of benzene rings is 2. The van der Waals surface area contributed by atoms with Crippen molar-refractivity contribution in [1.29, 1.82) is 0 Å². The summed E-state index contributed by atoms with van der Waals surface area (Å²) in [6.07, 6.45) is -4.51. The van der Waals surface area contributed by atoms with E-state index in [1.54, 1.807) is 0 Å². The molecule has 1 aliphatic rings. The first-order valence-electron chi connectivity index (χ1n) is 7.28. The number of hydrogen-bond donors (Lipinski definition) is 0. The van der Waals surface area contributed by atoms with Crippen molar-refractivity contribution in [1.82, 2.24) is 0 Å². The minimum Gasteiger partial charge on any atom is -0.251 e. The van der Waals surface area contributed by atoms with Crippen LogP contribution in [-0.2, 0) is 6.42 Å². The zero-order valence-electron chi connectivity index (χ0n) is 12.1. The second-order valence-electron chi connectivity index (χ2n) is 5.17. The van der Waals surface area contributed by atoms with Crippen LogP contribution in [0.1, 0.15) is 24.0 Å². The van der Waals surface area contributed by atoms with E-state index in [0.717, 1.165) is 6.42 Å². The first-order valence-corrected chi connectivity index (χ1v) is 7.28. The maximum absolute atomic E-state index is 11.8. The van der Waals surface area contributed by atoms with Crippen molar-refractivity contribution in [3.8, 4) is 11.1 Å². The van der Waals surface area contributed by atoms with Crippen LogP contribution in [0.25, 0.3) is 11.1 Å². The van der Waals surface area contributed by atoms with Crippen LogP contribution in [0.4, 0.5) is 17.6 Å². The molecule has 22 heavy (non-hydrogen) atoms. The van der Waals surface area contributed by atoms with E-state index >= 15 is 0 Å². The summed E-state index contributed by atoms with van der Waals surface area (Å²) >= 11 is 0. The minimum atomic E-state index is -2.96. The van der Waals surface area contributed by atoms with Gasteiger partial charge in [-0.25, -0.2) is 13.2 Å². The van der Waals surface area contributed by atoms with Gasteiger partial charge in [0.15, 0.2) is 6.17 Å². The fraction of sp³-hybridized carbons (Fsp3) is 0.333. The molecular formula is C18H18F4. The Morgan fingerprint density at radius 3 is 1.77 bits per heavy atom. The highest BCUT2D eigenvalue weighted by Crippen LogP contribution is 2.35. The summed E-state index contributed by atoms with van der Waals surface area (Å²) in [5, 5.41) is 0. The van der Waals surface area contributed by atoms with E-state index in [-0.39, 0.29) is 12.8 Å². The minimum absolute atomic E-state index is 0.120. The average molecular weight is 310 g/mol.